The minimum atomic E-state index is 0.103. The third-order valence-electron chi connectivity index (χ3n) is 2.90. The highest BCUT2D eigenvalue weighted by molar-refractivity contribution is 5.97. The molecule has 0 aliphatic heterocycles. The van der Waals surface area contributed by atoms with Crippen LogP contribution in [0.5, 0.6) is 5.75 Å². The number of nitrogens with zero attached hydrogens (tertiary/aromatic N) is 1. The molecule has 5 nitrogen and oxygen atoms in total. The SMILES string of the molecule is COc1ccc(/C(N)=N/O)cc1CNCCC(C)C. The van der Waals surface area contributed by atoms with Gasteiger partial charge in [-0.1, -0.05) is 19.0 Å². The molecule has 106 valence electrons. The highest BCUT2D eigenvalue weighted by Crippen LogP contribution is 2.19. The van der Waals surface area contributed by atoms with Crippen LogP contribution >= 0.6 is 0 Å². The van der Waals surface area contributed by atoms with Gasteiger partial charge in [-0.15, -0.1) is 0 Å². The number of nitrogens with two attached hydrogens (primary N) is 1. The molecular weight excluding hydrogens is 242 g/mol. The van der Waals surface area contributed by atoms with Gasteiger partial charge in [0.1, 0.15) is 5.75 Å². The molecule has 1 aromatic rings. The quantitative estimate of drug-likeness (QED) is 0.231. The summed E-state index contributed by atoms with van der Waals surface area (Å²) in [5.74, 6) is 1.58. The minimum Gasteiger partial charge on any atom is -0.496 e. The monoisotopic (exact) mass is 265 g/mol. The molecule has 0 atom stereocenters. The van der Waals surface area contributed by atoms with Crippen molar-refractivity contribution >= 4 is 5.84 Å². The number of hydrogen-bond donors (Lipinski definition) is 3. The summed E-state index contributed by atoms with van der Waals surface area (Å²) in [7, 11) is 1.64. The highest BCUT2D eigenvalue weighted by Gasteiger charge is 2.07. The van der Waals surface area contributed by atoms with E-state index < -0.39 is 0 Å². The predicted octanol–water partition coefficient (Wildman–Crippen LogP) is 1.93. The van der Waals surface area contributed by atoms with Crippen LogP contribution in [0.4, 0.5) is 0 Å². The van der Waals surface area contributed by atoms with Gasteiger partial charge in [-0.05, 0) is 37.1 Å². The summed E-state index contributed by atoms with van der Waals surface area (Å²) >= 11 is 0. The molecule has 1 rings (SSSR count). The number of ether oxygens (including phenoxy) is 1. The average Bonchev–Trinajstić information content (AvgIpc) is 2.42. The summed E-state index contributed by atoms with van der Waals surface area (Å²) < 4.78 is 5.31. The fourth-order valence-corrected chi connectivity index (χ4v) is 1.75. The first-order chi connectivity index (χ1) is 9.08. The van der Waals surface area contributed by atoms with Gasteiger partial charge in [0.05, 0.1) is 7.11 Å². The number of benzene rings is 1. The van der Waals surface area contributed by atoms with E-state index in [1.807, 2.05) is 12.1 Å². The molecule has 0 aliphatic rings. The summed E-state index contributed by atoms with van der Waals surface area (Å²) in [4.78, 5) is 0. The molecular formula is C14H23N3O2. The van der Waals surface area contributed by atoms with Crippen LogP contribution in [-0.2, 0) is 6.54 Å². The lowest BCUT2D eigenvalue weighted by Gasteiger charge is -2.12. The molecule has 5 heteroatoms. The molecule has 1 aromatic carbocycles. The third-order valence-corrected chi connectivity index (χ3v) is 2.90. The molecule has 0 radical (unpaired) electrons. The summed E-state index contributed by atoms with van der Waals surface area (Å²) in [6, 6.07) is 5.47. The lowest BCUT2D eigenvalue weighted by atomic mass is 10.1. The van der Waals surface area contributed by atoms with E-state index in [1.165, 1.54) is 0 Å². The Balaban J connectivity index is 2.73. The van der Waals surface area contributed by atoms with Crippen molar-refractivity contribution < 1.29 is 9.94 Å². The van der Waals surface area contributed by atoms with E-state index in [2.05, 4.69) is 24.3 Å². The Labute approximate surface area is 114 Å². The normalized spacial score (nSPS) is 11.9. The second-order valence-corrected chi connectivity index (χ2v) is 4.87. The molecule has 0 spiro atoms. The van der Waals surface area contributed by atoms with Gasteiger partial charge in [0, 0.05) is 17.7 Å². The number of methoxy groups -OCH3 is 1. The summed E-state index contributed by atoms with van der Waals surface area (Å²) in [6.45, 7) is 6.04. The number of nitrogens with one attached hydrogen (secondary N) is 1. The van der Waals surface area contributed by atoms with E-state index in [1.54, 1.807) is 13.2 Å². The van der Waals surface area contributed by atoms with Gasteiger partial charge < -0.3 is 21.0 Å². The Morgan fingerprint density at radius 1 is 1.47 bits per heavy atom. The highest BCUT2D eigenvalue weighted by atomic mass is 16.5. The summed E-state index contributed by atoms with van der Waals surface area (Å²) in [6.07, 6.45) is 1.13. The van der Waals surface area contributed by atoms with E-state index in [0.29, 0.717) is 18.0 Å². The van der Waals surface area contributed by atoms with Gasteiger partial charge in [0.25, 0.3) is 0 Å². The van der Waals surface area contributed by atoms with Gasteiger partial charge in [-0.25, -0.2) is 0 Å². The van der Waals surface area contributed by atoms with Crippen molar-refractivity contribution in [1.82, 2.24) is 5.32 Å². The number of rotatable bonds is 7. The fourth-order valence-electron chi connectivity index (χ4n) is 1.75. The van der Waals surface area contributed by atoms with Crippen molar-refractivity contribution in [2.24, 2.45) is 16.8 Å². The Bertz CT molecular complexity index is 431. The lowest BCUT2D eigenvalue weighted by Crippen LogP contribution is -2.18. The third kappa shape index (κ3) is 4.79. The number of oxime groups is 1. The summed E-state index contributed by atoms with van der Waals surface area (Å²) in [5, 5.41) is 15.1. The van der Waals surface area contributed by atoms with Crippen molar-refractivity contribution in [3.05, 3.63) is 29.3 Å². The molecule has 4 N–H and O–H groups in total. The first-order valence-corrected chi connectivity index (χ1v) is 6.44. The Kier molecular flexibility index (Phi) is 6.15. The molecule has 0 saturated carbocycles. The van der Waals surface area contributed by atoms with Crippen LogP contribution in [-0.4, -0.2) is 24.7 Å². The fraction of sp³-hybridized carbons (Fsp3) is 0.500. The molecule has 0 unspecified atom stereocenters. The summed E-state index contributed by atoms with van der Waals surface area (Å²) in [5.41, 5.74) is 7.27. The van der Waals surface area contributed by atoms with Crippen molar-refractivity contribution in [3.8, 4) is 5.75 Å². The van der Waals surface area contributed by atoms with Crippen molar-refractivity contribution in [2.75, 3.05) is 13.7 Å². The lowest BCUT2D eigenvalue weighted by molar-refractivity contribution is 0.318. The van der Waals surface area contributed by atoms with Crippen LogP contribution in [0.3, 0.4) is 0 Å². The van der Waals surface area contributed by atoms with Gasteiger partial charge in [-0.2, -0.15) is 0 Å². The van der Waals surface area contributed by atoms with Crippen LogP contribution < -0.4 is 15.8 Å². The molecule has 0 heterocycles. The molecule has 0 saturated heterocycles. The van der Waals surface area contributed by atoms with Crippen LogP contribution in [0, 0.1) is 5.92 Å². The van der Waals surface area contributed by atoms with Crippen molar-refractivity contribution in [3.63, 3.8) is 0 Å². The zero-order chi connectivity index (χ0) is 14.3. The van der Waals surface area contributed by atoms with E-state index in [4.69, 9.17) is 15.7 Å². The molecule has 0 amide bonds. The predicted molar refractivity (Wildman–Crippen MR) is 76.7 cm³/mol. The topological polar surface area (TPSA) is 79.9 Å². The van der Waals surface area contributed by atoms with Crippen LogP contribution in [0.15, 0.2) is 23.4 Å². The van der Waals surface area contributed by atoms with Crippen LogP contribution in [0.25, 0.3) is 0 Å². The van der Waals surface area contributed by atoms with Crippen LogP contribution in [0.2, 0.25) is 0 Å². The Hall–Kier alpha value is -1.75. The first kappa shape index (κ1) is 15.3. The molecule has 0 aromatic heterocycles. The van der Waals surface area contributed by atoms with Crippen LogP contribution in [0.1, 0.15) is 31.4 Å². The Morgan fingerprint density at radius 3 is 2.79 bits per heavy atom. The first-order valence-electron chi connectivity index (χ1n) is 6.44. The standard InChI is InChI=1S/C14H23N3O2/c1-10(2)6-7-16-9-12-8-11(14(15)17-18)4-5-13(12)19-3/h4-5,8,10,16,18H,6-7,9H2,1-3H3,(H2,15,17). The number of amidine groups is 1. The zero-order valence-electron chi connectivity index (χ0n) is 11.8. The average molecular weight is 265 g/mol. The van der Waals surface area contributed by atoms with Gasteiger partial charge in [0.2, 0.25) is 0 Å². The largest absolute Gasteiger partial charge is 0.496 e. The maximum atomic E-state index is 8.70. The van der Waals surface area contributed by atoms with Crippen molar-refractivity contribution in [1.29, 1.82) is 0 Å². The van der Waals surface area contributed by atoms with Gasteiger partial charge >= 0.3 is 0 Å². The zero-order valence-corrected chi connectivity index (χ0v) is 11.8. The molecule has 19 heavy (non-hydrogen) atoms. The van der Waals surface area contributed by atoms with E-state index in [0.717, 1.165) is 24.3 Å². The minimum absolute atomic E-state index is 0.103. The molecule has 0 bridgehead atoms. The van der Waals surface area contributed by atoms with E-state index >= 15 is 0 Å². The molecule has 0 fully saturated rings. The van der Waals surface area contributed by atoms with Gasteiger partial charge in [0.15, 0.2) is 5.84 Å². The second kappa shape index (κ2) is 7.63. The Morgan fingerprint density at radius 2 is 2.21 bits per heavy atom. The maximum Gasteiger partial charge on any atom is 0.170 e. The second-order valence-electron chi connectivity index (χ2n) is 4.87. The van der Waals surface area contributed by atoms with Crippen molar-refractivity contribution in [2.45, 2.75) is 26.8 Å². The van der Waals surface area contributed by atoms with E-state index in [9.17, 15) is 0 Å². The van der Waals surface area contributed by atoms with E-state index in [-0.39, 0.29) is 5.84 Å². The maximum absolute atomic E-state index is 8.70. The number of hydrogen-bond acceptors (Lipinski definition) is 4. The smallest absolute Gasteiger partial charge is 0.170 e. The molecule has 0 aliphatic carbocycles. The van der Waals surface area contributed by atoms with Gasteiger partial charge in [-0.3, -0.25) is 0 Å².